The first-order valence-electron chi connectivity index (χ1n) is 5.42. The number of hydrogen-bond acceptors (Lipinski definition) is 3. The first kappa shape index (κ1) is 12.5. The minimum absolute atomic E-state index is 0.219. The predicted octanol–water partition coefficient (Wildman–Crippen LogP) is 1.22. The number of anilines is 1. The van der Waals surface area contributed by atoms with Gasteiger partial charge in [0, 0.05) is 31.8 Å². The van der Waals surface area contributed by atoms with E-state index in [0.29, 0.717) is 13.0 Å². The molecule has 0 aromatic carbocycles. The molecular formula is C11H20N4O. The summed E-state index contributed by atoms with van der Waals surface area (Å²) in [4.78, 5) is 10.6. The molecule has 1 aromatic heterocycles. The summed E-state index contributed by atoms with van der Waals surface area (Å²) < 4.78 is 1.72. The van der Waals surface area contributed by atoms with Crippen LogP contribution in [0.25, 0.3) is 0 Å². The molecule has 0 aliphatic carbocycles. The van der Waals surface area contributed by atoms with Crippen LogP contribution in [0.5, 0.6) is 0 Å². The standard InChI is InChI=1S/C11H20N4O/c1-11(2,3)8-13-10-5-7-15(14-10)6-4-9(12)16/h5,7H,4,6,8H2,1-3H3,(H2,12,16)(H,13,14). The van der Waals surface area contributed by atoms with Gasteiger partial charge in [-0.05, 0) is 5.41 Å². The van der Waals surface area contributed by atoms with Crippen LogP contribution in [-0.2, 0) is 11.3 Å². The Kier molecular flexibility index (Phi) is 3.93. The molecule has 5 heteroatoms. The average molecular weight is 224 g/mol. The minimum Gasteiger partial charge on any atom is -0.370 e. The van der Waals surface area contributed by atoms with E-state index in [2.05, 4.69) is 31.2 Å². The molecule has 5 nitrogen and oxygen atoms in total. The van der Waals surface area contributed by atoms with Crippen LogP contribution >= 0.6 is 0 Å². The molecule has 1 heterocycles. The number of carbonyl (C=O) groups excluding carboxylic acids is 1. The zero-order valence-electron chi connectivity index (χ0n) is 10.2. The fraction of sp³-hybridized carbons (Fsp3) is 0.636. The molecule has 0 aliphatic rings. The molecule has 0 radical (unpaired) electrons. The predicted molar refractivity (Wildman–Crippen MR) is 64.0 cm³/mol. The van der Waals surface area contributed by atoms with Crippen molar-refractivity contribution >= 4 is 11.7 Å². The fourth-order valence-electron chi connectivity index (χ4n) is 1.16. The second kappa shape index (κ2) is 5.01. The summed E-state index contributed by atoms with van der Waals surface area (Å²) in [5, 5.41) is 7.53. The van der Waals surface area contributed by atoms with Crippen molar-refractivity contribution in [1.82, 2.24) is 9.78 Å². The molecule has 0 atom stereocenters. The number of nitrogens with two attached hydrogens (primary N) is 1. The normalized spacial score (nSPS) is 11.4. The number of nitrogens with zero attached hydrogens (tertiary/aromatic N) is 2. The summed E-state index contributed by atoms with van der Waals surface area (Å²) in [6.45, 7) is 7.87. The van der Waals surface area contributed by atoms with Crippen molar-refractivity contribution in [3.8, 4) is 0 Å². The Morgan fingerprint density at radius 2 is 2.25 bits per heavy atom. The molecule has 0 bridgehead atoms. The molecule has 0 fully saturated rings. The SMILES string of the molecule is CC(C)(C)CNc1ccn(CCC(N)=O)n1. The van der Waals surface area contributed by atoms with Crippen LogP contribution in [0.2, 0.25) is 0 Å². The van der Waals surface area contributed by atoms with Crippen molar-refractivity contribution in [1.29, 1.82) is 0 Å². The number of hydrogen-bond donors (Lipinski definition) is 2. The third-order valence-electron chi connectivity index (χ3n) is 2.03. The lowest BCUT2D eigenvalue weighted by Crippen LogP contribution is -2.19. The fourth-order valence-corrected chi connectivity index (χ4v) is 1.16. The maximum absolute atomic E-state index is 10.6. The van der Waals surface area contributed by atoms with Gasteiger partial charge in [-0.25, -0.2) is 0 Å². The van der Waals surface area contributed by atoms with Gasteiger partial charge in [-0.3, -0.25) is 9.48 Å². The van der Waals surface area contributed by atoms with Crippen LogP contribution in [0.4, 0.5) is 5.82 Å². The van der Waals surface area contributed by atoms with Gasteiger partial charge in [-0.2, -0.15) is 5.10 Å². The largest absolute Gasteiger partial charge is 0.370 e. The van der Waals surface area contributed by atoms with E-state index in [4.69, 9.17) is 5.73 Å². The van der Waals surface area contributed by atoms with Crippen molar-refractivity contribution in [2.45, 2.75) is 33.7 Å². The molecule has 0 saturated heterocycles. The molecule has 0 unspecified atom stereocenters. The summed E-state index contributed by atoms with van der Waals surface area (Å²) in [6, 6.07) is 1.90. The van der Waals surface area contributed by atoms with E-state index in [1.54, 1.807) is 4.68 Å². The van der Waals surface area contributed by atoms with Crippen LogP contribution < -0.4 is 11.1 Å². The number of primary amides is 1. The van der Waals surface area contributed by atoms with Gasteiger partial charge in [-0.15, -0.1) is 0 Å². The Hall–Kier alpha value is -1.52. The zero-order chi connectivity index (χ0) is 12.2. The highest BCUT2D eigenvalue weighted by molar-refractivity contribution is 5.73. The first-order valence-corrected chi connectivity index (χ1v) is 5.42. The third-order valence-corrected chi connectivity index (χ3v) is 2.03. The van der Waals surface area contributed by atoms with Crippen molar-refractivity contribution in [3.05, 3.63) is 12.3 Å². The van der Waals surface area contributed by atoms with Crippen molar-refractivity contribution in [2.75, 3.05) is 11.9 Å². The van der Waals surface area contributed by atoms with E-state index in [1.165, 1.54) is 0 Å². The van der Waals surface area contributed by atoms with E-state index in [9.17, 15) is 4.79 Å². The highest BCUT2D eigenvalue weighted by atomic mass is 16.1. The second-order valence-corrected chi connectivity index (χ2v) is 5.09. The van der Waals surface area contributed by atoms with Crippen LogP contribution in [0, 0.1) is 5.41 Å². The van der Waals surface area contributed by atoms with Crippen molar-refractivity contribution < 1.29 is 4.79 Å². The van der Waals surface area contributed by atoms with Crippen LogP contribution in [0.3, 0.4) is 0 Å². The smallest absolute Gasteiger partial charge is 0.219 e. The molecular weight excluding hydrogens is 204 g/mol. The van der Waals surface area contributed by atoms with Gasteiger partial charge in [0.25, 0.3) is 0 Å². The number of amides is 1. The number of rotatable bonds is 5. The quantitative estimate of drug-likeness (QED) is 0.789. The van der Waals surface area contributed by atoms with Crippen LogP contribution in [0.15, 0.2) is 12.3 Å². The Bertz CT molecular complexity index is 351. The summed E-state index contributed by atoms with van der Waals surface area (Å²) in [6.07, 6.45) is 2.16. The number of aryl methyl sites for hydroxylation is 1. The highest BCUT2D eigenvalue weighted by Crippen LogP contribution is 2.14. The Morgan fingerprint density at radius 3 is 2.81 bits per heavy atom. The Balaban J connectivity index is 2.42. The number of aromatic nitrogens is 2. The minimum atomic E-state index is -0.306. The zero-order valence-corrected chi connectivity index (χ0v) is 10.2. The topological polar surface area (TPSA) is 72.9 Å². The summed E-state index contributed by atoms with van der Waals surface area (Å²) in [5.41, 5.74) is 5.29. The first-order chi connectivity index (χ1) is 7.37. The van der Waals surface area contributed by atoms with E-state index in [1.807, 2.05) is 12.3 Å². The van der Waals surface area contributed by atoms with Crippen LogP contribution in [-0.4, -0.2) is 22.2 Å². The highest BCUT2D eigenvalue weighted by Gasteiger charge is 2.10. The lowest BCUT2D eigenvalue weighted by molar-refractivity contribution is -0.118. The Labute approximate surface area is 96.0 Å². The number of carbonyl (C=O) groups is 1. The van der Waals surface area contributed by atoms with Crippen LogP contribution in [0.1, 0.15) is 27.2 Å². The molecule has 3 N–H and O–H groups in total. The third kappa shape index (κ3) is 4.82. The van der Waals surface area contributed by atoms with Gasteiger partial charge in [-0.1, -0.05) is 20.8 Å². The summed E-state index contributed by atoms with van der Waals surface area (Å²) in [7, 11) is 0. The van der Waals surface area contributed by atoms with Gasteiger partial charge in [0.15, 0.2) is 0 Å². The molecule has 0 aliphatic heterocycles. The number of nitrogens with one attached hydrogen (secondary N) is 1. The summed E-state index contributed by atoms with van der Waals surface area (Å²) in [5.74, 6) is 0.527. The molecule has 1 amide bonds. The van der Waals surface area contributed by atoms with Gasteiger partial charge < -0.3 is 11.1 Å². The monoisotopic (exact) mass is 224 g/mol. The molecule has 1 rings (SSSR count). The lowest BCUT2D eigenvalue weighted by atomic mass is 9.97. The molecule has 0 spiro atoms. The van der Waals surface area contributed by atoms with E-state index >= 15 is 0 Å². The van der Waals surface area contributed by atoms with Gasteiger partial charge in [0.05, 0.1) is 0 Å². The van der Waals surface area contributed by atoms with Crippen molar-refractivity contribution in [3.63, 3.8) is 0 Å². The van der Waals surface area contributed by atoms with E-state index < -0.39 is 0 Å². The van der Waals surface area contributed by atoms with Gasteiger partial charge in [0.1, 0.15) is 5.82 Å². The molecule has 16 heavy (non-hydrogen) atoms. The van der Waals surface area contributed by atoms with E-state index in [-0.39, 0.29) is 11.3 Å². The lowest BCUT2D eigenvalue weighted by Gasteiger charge is -2.18. The van der Waals surface area contributed by atoms with Gasteiger partial charge in [0.2, 0.25) is 5.91 Å². The molecule has 0 saturated carbocycles. The molecule has 90 valence electrons. The van der Waals surface area contributed by atoms with Crippen molar-refractivity contribution in [2.24, 2.45) is 11.1 Å². The maximum atomic E-state index is 10.6. The van der Waals surface area contributed by atoms with E-state index in [0.717, 1.165) is 12.4 Å². The molecule has 1 aromatic rings. The maximum Gasteiger partial charge on any atom is 0.219 e. The average Bonchev–Trinajstić information content (AvgIpc) is 2.58. The second-order valence-electron chi connectivity index (χ2n) is 5.09. The summed E-state index contributed by atoms with van der Waals surface area (Å²) >= 11 is 0. The van der Waals surface area contributed by atoms with Gasteiger partial charge >= 0.3 is 0 Å². The Morgan fingerprint density at radius 1 is 1.56 bits per heavy atom.